The number of amidine groups is 1. The first-order valence-corrected chi connectivity index (χ1v) is 15.4. The zero-order valence-electron chi connectivity index (χ0n) is 21.4. The molecule has 0 saturated carbocycles. The van der Waals surface area contributed by atoms with E-state index in [-0.39, 0.29) is 36.3 Å². The van der Waals surface area contributed by atoms with Crippen molar-refractivity contribution in [1.82, 2.24) is 19.1 Å². The fourth-order valence-electron chi connectivity index (χ4n) is 4.68. The van der Waals surface area contributed by atoms with Gasteiger partial charge in [0.2, 0.25) is 0 Å². The van der Waals surface area contributed by atoms with E-state index in [0.717, 1.165) is 34.9 Å². The van der Waals surface area contributed by atoms with Gasteiger partial charge in [-0.2, -0.15) is 4.31 Å². The summed E-state index contributed by atoms with van der Waals surface area (Å²) in [6.45, 7) is 3.13. The van der Waals surface area contributed by atoms with Crippen molar-refractivity contribution >= 4 is 60.5 Å². The minimum absolute atomic E-state index is 0.0153. The molecule has 2 aliphatic heterocycles. The summed E-state index contributed by atoms with van der Waals surface area (Å²) in [6, 6.07) is 5.43. The van der Waals surface area contributed by atoms with Crippen molar-refractivity contribution < 1.29 is 28.0 Å². The van der Waals surface area contributed by atoms with Gasteiger partial charge in [0.25, 0.3) is 15.9 Å². The summed E-state index contributed by atoms with van der Waals surface area (Å²) in [6.07, 6.45) is 0.749. The Morgan fingerprint density at radius 1 is 1.23 bits per heavy atom. The quantitative estimate of drug-likeness (QED) is 0.142. The minimum atomic E-state index is -3.99. The smallest absolute Gasteiger partial charge is 0.330 e. The molecule has 208 valence electrons. The summed E-state index contributed by atoms with van der Waals surface area (Å²) in [5.74, 6) is -1.14. The number of thiazole rings is 1. The van der Waals surface area contributed by atoms with E-state index in [2.05, 4.69) is 15.0 Å². The molecule has 12 nitrogen and oxygen atoms in total. The third-order valence-electron chi connectivity index (χ3n) is 6.76. The molecule has 1 unspecified atom stereocenters. The molecular formula is C24H28N6O6S3. The Morgan fingerprint density at radius 3 is 2.77 bits per heavy atom. The number of likely N-dealkylation sites (N-methyl/N-ethyl adjacent to an activating group) is 1. The van der Waals surface area contributed by atoms with E-state index in [9.17, 15) is 18.0 Å². The molecule has 1 aromatic carbocycles. The average molecular weight is 593 g/mol. The fourth-order valence-corrected chi connectivity index (χ4v) is 8.85. The number of sulfonamides is 1. The maximum Gasteiger partial charge on any atom is 0.330 e. The van der Waals surface area contributed by atoms with E-state index in [4.69, 9.17) is 15.7 Å². The molecule has 39 heavy (non-hydrogen) atoms. The molecule has 3 aromatic rings. The molecule has 0 spiro atoms. The van der Waals surface area contributed by atoms with Crippen molar-refractivity contribution in [2.24, 2.45) is 10.9 Å². The largest absolute Gasteiger partial charge is 0.464 e. The Bertz CT molecular complexity index is 1570. The molecule has 1 atom stereocenters. The Hall–Kier alpha value is -3.11. The van der Waals surface area contributed by atoms with Gasteiger partial charge in [0.1, 0.15) is 10.3 Å². The van der Waals surface area contributed by atoms with Gasteiger partial charge in [0.05, 0.1) is 12.3 Å². The number of esters is 1. The van der Waals surface area contributed by atoms with Crippen molar-refractivity contribution in [2.45, 2.75) is 30.1 Å². The second-order valence-corrected chi connectivity index (χ2v) is 13.6. The van der Waals surface area contributed by atoms with Crippen LogP contribution in [0.25, 0.3) is 10.1 Å². The number of rotatable bonds is 6. The molecule has 2 aliphatic rings. The van der Waals surface area contributed by atoms with Crippen LogP contribution in [0.2, 0.25) is 0 Å². The van der Waals surface area contributed by atoms with Crippen LogP contribution in [0.4, 0.5) is 0 Å². The van der Waals surface area contributed by atoms with Gasteiger partial charge in [-0.15, -0.1) is 22.7 Å². The van der Waals surface area contributed by atoms with Crippen LogP contribution in [0, 0.1) is 0 Å². The first-order valence-electron chi connectivity index (χ1n) is 12.3. The SMILES string of the molecule is CCOC(=O)C1CN(S(=O)(=O)c2cc3ccc(C(N)=NO)cc3s2)CCN1C(=O)c1nc2c(s1)CN(C)CC2. The lowest BCUT2D eigenvalue weighted by atomic mass is 10.2. The third kappa shape index (κ3) is 5.24. The third-order valence-corrected chi connectivity index (χ3v) is 11.2. The van der Waals surface area contributed by atoms with Crippen LogP contribution in [0.3, 0.4) is 0 Å². The number of hydrogen-bond acceptors (Lipinski definition) is 11. The predicted octanol–water partition coefficient (Wildman–Crippen LogP) is 1.52. The molecule has 1 fully saturated rings. The van der Waals surface area contributed by atoms with Crippen molar-refractivity contribution in [2.75, 3.05) is 39.8 Å². The number of hydrogen-bond donors (Lipinski definition) is 2. The van der Waals surface area contributed by atoms with Crippen LogP contribution in [0.1, 0.15) is 32.9 Å². The molecular weight excluding hydrogens is 565 g/mol. The number of oxime groups is 1. The number of benzene rings is 1. The molecule has 15 heteroatoms. The lowest BCUT2D eigenvalue weighted by Gasteiger charge is -2.38. The Labute approximate surface area is 233 Å². The lowest BCUT2D eigenvalue weighted by Crippen LogP contribution is -2.59. The Kier molecular flexibility index (Phi) is 7.61. The number of fused-ring (bicyclic) bond motifs is 2. The van der Waals surface area contributed by atoms with Crippen LogP contribution in [-0.4, -0.2) is 96.3 Å². The highest BCUT2D eigenvalue weighted by atomic mass is 32.2. The molecule has 0 radical (unpaired) electrons. The topological polar surface area (TPSA) is 159 Å². The first kappa shape index (κ1) is 27.5. The molecule has 0 aliphatic carbocycles. The zero-order valence-corrected chi connectivity index (χ0v) is 23.8. The highest BCUT2D eigenvalue weighted by Gasteiger charge is 2.42. The number of aromatic nitrogens is 1. The van der Waals surface area contributed by atoms with Crippen molar-refractivity contribution in [1.29, 1.82) is 0 Å². The number of piperazine rings is 1. The molecule has 5 rings (SSSR count). The van der Waals surface area contributed by atoms with E-state index in [1.807, 2.05) is 7.05 Å². The van der Waals surface area contributed by atoms with Crippen LogP contribution < -0.4 is 5.73 Å². The fraction of sp³-hybridized carbons (Fsp3) is 0.417. The van der Waals surface area contributed by atoms with E-state index in [1.165, 1.54) is 20.5 Å². The summed E-state index contributed by atoms with van der Waals surface area (Å²) < 4.78 is 34.5. The second kappa shape index (κ2) is 10.8. The van der Waals surface area contributed by atoms with Gasteiger partial charge >= 0.3 is 5.97 Å². The second-order valence-electron chi connectivity index (χ2n) is 9.31. The standard InChI is InChI=1S/C24H28N6O6S3/c1-3-36-24(32)17-12-29(8-9-30(17)23(31)22-26-16-6-7-28(2)13-19(16)38-22)39(34,35)20-11-14-4-5-15(21(25)27-33)10-18(14)37-20/h4-5,10-11,17,33H,3,6-9,12-13H2,1-2H3,(H2,25,27). The maximum absolute atomic E-state index is 13.6. The van der Waals surface area contributed by atoms with E-state index >= 15 is 0 Å². The minimum Gasteiger partial charge on any atom is -0.464 e. The summed E-state index contributed by atoms with van der Waals surface area (Å²) in [4.78, 5) is 35.6. The number of ether oxygens (including phenoxy) is 1. The van der Waals surface area contributed by atoms with Crippen LogP contribution in [0.5, 0.6) is 0 Å². The Morgan fingerprint density at radius 2 is 2.03 bits per heavy atom. The van der Waals surface area contributed by atoms with E-state index in [0.29, 0.717) is 27.2 Å². The van der Waals surface area contributed by atoms with Gasteiger partial charge in [-0.05, 0) is 31.5 Å². The van der Waals surface area contributed by atoms with Gasteiger partial charge in [-0.1, -0.05) is 17.3 Å². The van der Waals surface area contributed by atoms with Crippen molar-refractivity contribution in [3.8, 4) is 0 Å². The van der Waals surface area contributed by atoms with Crippen LogP contribution in [0.15, 0.2) is 33.6 Å². The molecule has 2 aromatic heterocycles. The summed E-state index contributed by atoms with van der Waals surface area (Å²) in [7, 11) is -1.98. The van der Waals surface area contributed by atoms with Gasteiger partial charge < -0.3 is 25.5 Å². The number of carbonyl (C=O) groups excluding carboxylic acids is 2. The summed E-state index contributed by atoms with van der Waals surface area (Å²) in [5, 5.41) is 12.9. The van der Waals surface area contributed by atoms with E-state index in [1.54, 1.807) is 31.2 Å². The molecule has 3 N–H and O–H groups in total. The number of nitrogens with zero attached hydrogens (tertiary/aromatic N) is 5. The molecule has 4 heterocycles. The van der Waals surface area contributed by atoms with Crippen molar-refractivity contribution in [3.05, 3.63) is 45.4 Å². The monoisotopic (exact) mass is 592 g/mol. The summed E-state index contributed by atoms with van der Waals surface area (Å²) >= 11 is 2.37. The normalized spacial score (nSPS) is 19.3. The molecule has 1 saturated heterocycles. The Balaban J connectivity index is 1.41. The average Bonchev–Trinajstić information content (AvgIpc) is 3.56. The zero-order chi connectivity index (χ0) is 27.9. The van der Waals surface area contributed by atoms with Crippen molar-refractivity contribution in [3.63, 3.8) is 0 Å². The predicted molar refractivity (Wildman–Crippen MR) is 147 cm³/mol. The lowest BCUT2D eigenvalue weighted by molar-refractivity contribution is -0.149. The van der Waals surface area contributed by atoms with Gasteiger partial charge in [-0.3, -0.25) is 4.79 Å². The highest BCUT2D eigenvalue weighted by molar-refractivity contribution is 7.91. The van der Waals surface area contributed by atoms with Gasteiger partial charge in [-0.25, -0.2) is 18.2 Å². The number of nitrogens with two attached hydrogens (primary N) is 1. The molecule has 0 bridgehead atoms. The van der Waals surface area contributed by atoms with Gasteiger partial charge in [0, 0.05) is 54.3 Å². The maximum atomic E-state index is 13.6. The molecule has 1 amide bonds. The highest BCUT2D eigenvalue weighted by Crippen LogP contribution is 2.33. The van der Waals surface area contributed by atoms with Crippen LogP contribution in [-0.2, 0) is 32.5 Å². The van der Waals surface area contributed by atoms with Crippen LogP contribution >= 0.6 is 22.7 Å². The number of thiophene rings is 1. The summed E-state index contributed by atoms with van der Waals surface area (Å²) in [5.41, 5.74) is 7.03. The van der Waals surface area contributed by atoms with Gasteiger partial charge in [0.15, 0.2) is 10.8 Å². The number of carbonyl (C=O) groups is 2. The first-order chi connectivity index (χ1) is 18.6. The van der Waals surface area contributed by atoms with E-state index < -0.39 is 27.9 Å². The number of amides is 1.